The lowest BCUT2D eigenvalue weighted by Crippen LogP contribution is -2.33. The molecule has 0 saturated carbocycles. The number of aryl methyl sites for hydroxylation is 2. The van der Waals surface area contributed by atoms with Gasteiger partial charge in [0.05, 0.1) is 5.41 Å². The van der Waals surface area contributed by atoms with Crippen molar-refractivity contribution < 1.29 is 10.2 Å². The van der Waals surface area contributed by atoms with Crippen LogP contribution in [0.4, 0.5) is 0 Å². The summed E-state index contributed by atoms with van der Waals surface area (Å²) in [7, 11) is 0. The molecule has 2 aromatic heterocycles. The lowest BCUT2D eigenvalue weighted by Gasteiger charge is -2.41. The Hall–Kier alpha value is -3.60. The first-order chi connectivity index (χ1) is 17.0. The minimum absolute atomic E-state index is 0.298. The Morgan fingerprint density at radius 3 is 2.09 bits per heavy atom. The summed E-state index contributed by atoms with van der Waals surface area (Å²) in [5.41, 5.74) is 9.60. The Labute approximate surface area is 211 Å². The topological polar surface area (TPSA) is 40.5 Å². The van der Waals surface area contributed by atoms with Crippen LogP contribution in [0, 0.1) is 13.8 Å². The zero-order chi connectivity index (χ0) is 23.9. The number of hydrogen-bond donors (Lipinski definition) is 2. The van der Waals surface area contributed by atoms with E-state index in [0.29, 0.717) is 11.5 Å². The average molecular weight is 491 g/mol. The van der Waals surface area contributed by atoms with Gasteiger partial charge < -0.3 is 10.2 Å². The molecular weight excluding hydrogens is 468 g/mol. The number of phenols is 2. The van der Waals surface area contributed by atoms with Crippen LogP contribution in [-0.4, -0.2) is 10.2 Å². The Bertz CT molecular complexity index is 1690. The summed E-state index contributed by atoms with van der Waals surface area (Å²) >= 11 is 3.53. The van der Waals surface area contributed by atoms with E-state index in [4.69, 9.17) is 0 Å². The molecule has 3 aromatic carbocycles. The van der Waals surface area contributed by atoms with Crippen LogP contribution < -0.4 is 0 Å². The number of hydrogen-bond acceptors (Lipinski definition) is 4. The highest BCUT2D eigenvalue weighted by Crippen LogP contribution is 2.59. The van der Waals surface area contributed by atoms with E-state index in [1.54, 1.807) is 22.7 Å². The van der Waals surface area contributed by atoms with Crippen molar-refractivity contribution >= 4 is 50.5 Å². The van der Waals surface area contributed by atoms with Gasteiger partial charge in [-0.15, -0.1) is 22.7 Å². The highest BCUT2D eigenvalue weighted by molar-refractivity contribution is 7.17. The number of benzene rings is 3. The van der Waals surface area contributed by atoms with Crippen molar-refractivity contribution in [2.24, 2.45) is 0 Å². The van der Waals surface area contributed by atoms with E-state index >= 15 is 0 Å². The lowest BCUT2D eigenvalue weighted by molar-refractivity contribution is 0.470. The van der Waals surface area contributed by atoms with Gasteiger partial charge in [0.25, 0.3) is 0 Å². The summed E-state index contributed by atoms with van der Waals surface area (Å²) in [6.07, 6.45) is 4.69. The van der Waals surface area contributed by atoms with Crippen LogP contribution in [0.15, 0.2) is 77.0 Å². The number of allylic oxidation sites excluding steroid dienone is 2. The van der Waals surface area contributed by atoms with Crippen molar-refractivity contribution in [3.05, 3.63) is 121 Å². The quantitative estimate of drug-likeness (QED) is 0.261. The van der Waals surface area contributed by atoms with Gasteiger partial charge in [-0.2, -0.15) is 0 Å². The molecule has 0 radical (unpaired) electrons. The molecule has 5 aromatic rings. The molecule has 0 bridgehead atoms. The van der Waals surface area contributed by atoms with Gasteiger partial charge in [-0.25, -0.2) is 0 Å². The fourth-order valence-corrected chi connectivity index (χ4v) is 7.51. The predicted octanol–water partition coefficient (Wildman–Crippen LogP) is 8.28. The van der Waals surface area contributed by atoms with Crippen LogP contribution in [0.2, 0.25) is 0 Å². The molecule has 2 aliphatic rings. The van der Waals surface area contributed by atoms with E-state index in [1.165, 1.54) is 42.8 Å². The molecule has 0 amide bonds. The minimum atomic E-state index is -0.567. The summed E-state index contributed by atoms with van der Waals surface area (Å²) in [5.74, 6) is 0.596. The molecule has 4 heteroatoms. The molecule has 0 fully saturated rings. The molecule has 2 N–H and O–H groups in total. The summed E-state index contributed by atoms with van der Waals surface area (Å²) in [5, 5.41) is 26.4. The summed E-state index contributed by atoms with van der Waals surface area (Å²) in [6, 6.07) is 21.0. The summed E-state index contributed by atoms with van der Waals surface area (Å²) in [4.78, 5) is 1.24. The van der Waals surface area contributed by atoms with E-state index in [0.717, 1.165) is 22.3 Å². The number of fused-ring (bicyclic) bond motifs is 5. The van der Waals surface area contributed by atoms with Crippen molar-refractivity contribution in [3.8, 4) is 11.5 Å². The Kier molecular flexibility index (Phi) is 4.27. The van der Waals surface area contributed by atoms with E-state index in [9.17, 15) is 10.2 Å². The van der Waals surface area contributed by atoms with Gasteiger partial charge in [-0.1, -0.05) is 24.3 Å². The molecule has 0 unspecified atom stereocenters. The molecule has 2 aliphatic carbocycles. The van der Waals surface area contributed by atoms with Crippen molar-refractivity contribution in [1.82, 2.24) is 0 Å². The van der Waals surface area contributed by atoms with Gasteiger partial charge in [0.2, 0.25) is 0 Å². The second-order valence-corrected chi connectivity index (χ2v) is 11.4. The third kappa shape index (κ3) is 2.75. The lowest BCUT2D eigenvalue weighted by atomic mass is 9.61. The molecule has 170 valence electrons. The maximum absolute atomic E-state index is 10.4. The van der Waals surface area contributed by atoms with Crippen molar-refractivity contribution in [3.63, 3.8) is 0 Å². The Morgan fingerprint density at radius 2 is 1.40 bits per heavy atom. The Morgan fingerprint density at radius 1 is 0.714 bits per heavy atom. The van der Waals surface area contributed by atoms with E-state index in [2.05, 4.69) is 71.4 Å². The maximum atomic E-state index is 10.4. The number of thiophene rings is 2. The molecule has 0 saturated heterocycles. The standard InChI is InChI=1S/C31H22O2S2/c1-17-11-21(3-5-27(17)32)31(22-4-6-28(33)18(2)12-22)25-8-10-35-30(25)16-24-23-13-19-7-9-34-29(19)15-20(23)14-26(24)31/h3-16,32-33H,1-2H3. The van der Waals surface area contributed by atoms with Crippen LogP contribution in [0.3, 0.4) is 0 Å². The normalized spacial score (nSPS) is 15.4. The second-order valence-electron chi connectivity index (χ2n) is 9.46. The predicted molar refractivity (Wildman–Crippen MR) is 148 cm³/mol. The summed E-state index contributed by atoms with van der Waals surface area (Å²) < 4.78 is 1.29. The second kappa shape index (κ2) is 7.20. The highest BCUT2D eigenvalue weighted by atomic mass is 32.1. The van der Waals surface area contributed by atoms with Crippen LogP contribution in [0.5, 0.6) is 11.5 Å². The fraction of sp³-hybridized carbons (Fsp3) is 0.0968. The maximum Gasteiger partial charge on any atom is 0.118 e. The first-order valence-corrected chi connectivity index (χ1v) is 13.4. The molecule has 2 heterocycles. The van der Waals surface area contributed by atoms with Crippen molar-refractivity contribution in [2.75, 3.05) is 0 Å². The van der Waals surface area contributed by atoms with E-state index in [1.807, 2.05) is 26.0 Å². The van der Waals surface area contributed by atoms with Gasteiger partial charge >= 0.3 is 0 Å². The molecule has 2 nitrogen and oxygen atoms in total. The third-order valence-electron chi connectivity index (χ3n) is 7.54. The van der Waals surface area contributed by atoms with Gasteiger partial charge in [0, 0.05) is 9.58 Å². The minimum Gasteiger partial charge on any atom is -0.508 e. The van der Waals surface area contributed by atoms with E-state index < -0.39 is 5.41 Å². The monoisotopic (exact) mass is 490 g/mol. The Balaban J connectivity index is 1.62. The van der Waals surface area contributed by atoms with Gasteiger partial charge in [0.1, 0.15) is 11.5 Å². The molecule has 0 spiro atoms. The summed E-state index contributed by atoms with van der Waals surface area (Å²) in [6.45, 7) is 3.91. The first kappa shape index (κ1) is 20.7. The highest BCUT2D eigenvalue weighted by Gasteiger charge is 2.47. The number of rotatable bonds is 2. The zero-order valence-corrected chi connectivity index (χ0v) is 20.9. The zero-order valence-electron chi connectivity index (χ0n) is 19.3. The average Bonchev–Trinajstić information content (AvgIpc) is 3.58. The first-order valence-electron chi connectivity index (χ1n) is 11.6. The van der Waals surface area contributed by atoms with Crippen LogP contribution in [0.1, 0.15) is 43.8 Å². The number of phenolic OH excluding ortho intramolecular Hbond substituents is 2. The van der Waals surface area contributed by atoms with Gasteiger partial charge in [-0.3, -0.25) is 0 Å². The van der Waals surface area contributed by atoms with Crippen molar-refractivity contribution in [2.45, 2.75) is 19.3 Å². The number of aromatic hydroxyl groups is 2. The molecule has 7 rings (SSSR count). The van der Waals surface area contributed by atoms with Crippen molar-refractivity contribution in [1.29, 1.82) is 0 Å². The van der Waals surface area contributed by atoms with Gasteiger partial charge in [0.15, 0.2) is 0 Å². The SMILES string of the molecule is Cc1cc(C2(c3ccc(O)c(C)c3)C3=Cc4cc5sccc5cc4C3=Cc3sccc32)ccc1O. The molecular formula is C31H22O2S2. The van der Waals surface area contributed by atoms with Crippen LogP contribution in [0.25, 0.3) is 27.8 Å². The van der Waals surface area contributed by atoms with Crippen LogP contribution in [-0.2, 0) is 5.41 Å². The molecule has 35 heavy (non-hydrogen) atoms. The fourth-order valence-electron chi connectivity index (χ4n) is 5.81. The molecule has 0 atom stereocenters. The van der Waals surface area contributed by atoms with Gasteiger partial charge in [-0.05, 0) is 129 Å². The third-order valence-corrected chi connectivity index (χ3v) is 9.29. The largest absolute Gasteiger partial charge is 0.508 e. The smallest absolute Gasteiger partial charge is 0.118 e. The van der Waals surface area contributed by atoms with E-state index in [-0.39, 0.29) is 0 Å². The molecule has 0 aliphatic heterocycles. The van der Waals surface area contributed by atoms with Crippen LogP contribution >= 0.6 is 22.7 Å².